The Kier molecular flexibility index (Phi) is 4.86. The summed E-state index contributed by atoms with van der Waals surface area (Å²) in [4.78, 5) is 0.777. The molecule has 1 aromatic heterocycles. The molecule has 0 N–H and O–H groups in total. The molecule has 1 heterocycles. The lowest BCUT2D eigenvalue weighted by atomic mass is 10.1. The van der Waals surface area contributed by atoms with E-state index < -0.39 is 0 Å². The quantitative estimate of drug-likeness (QED) is 0.525. The van der Waals surface area contributed by atoms with Crippen LogP contribution in [0.1, 0.15) is 5.56 Å². The smallest absolute Gasteiger partial charge is 0.210 e. The Morgan fingerprint density at radius 2 is 1.79 bits per heavy atom. The Morgan fingerprint density at radius 3 is 2.46 bits per heavy atom. The third kappa shape index (κ3) is 3.60. The summed E-state index contributed by atoms with van der Waals surface area (Å²) in [6, 6.07) is 14.0. The van der Waals surface area contributed by atoms with Gasteiger partial charge < -0.3 is 9.30 Å². The summed E-state index contributed by atoms with van der Waals surface area (Å²) in [5.41, 5.74) is 2.94. The minimum atomic E-state index is -0.266. The van der Waals surface area contributed by atoms with Gasteiger partial charge in [0.1, 0.15) is 11.6 Å². The molecule has 6 heteroatoms. The maximum Gasteiger partial charge on any atom is 0.210 e. The monoisotopic (exact) mass is 341 g/mol. The van der Waals surface area contributed by atoms with Gasteiger partial charge in [-0.3, -0.25) is 0 Å². The lowest BCUT2D eigenvalue weighted by molar-refractivity contribution is 0.415. The molecule has 0 aliphatic carbocycles. The average molecular weight is 341 g/mol. The van der Waals surface area contributed by atoms with Crippen LogP contribution < -0.4 is 9.54 Å². The highest BCUT2D eigenvalue weighted by Crippen LogP contribution is 2.22. The molecule has 2 aromatic carbocycles. The Morgan fingerprint density at radius 1 is 1.08 bits per heavy atom. The van der Waals surface area contributed by atoms with Gasteiger partial charge in [-0.1, -0.05) is 12.1 Å². The molecule has 0 aliphatic heterocycles. The molecule has 122 valence electrons. The van der Waals surface area contributed by atoms with E-state index in [4.69, 9.17) is 4.74 Å². The van der Waals surface area contributed by atoms with Crippen molar-refractivity contribution in [3.63, 3.8) is 0 Å². The van der Waals surface area contributed by atoms with Gasteiger partial charge >= 0.3 is 0 Å². The van der Waals surface area contributed by atoms with Gasteiger partial charge in [0.2, 0.25) is 4.80 Å². The van der Waals surface area contributed by atoms with E-state index in [-0.39, 0.29) is 5.82 Å². The molecule has 4 nitrogen and oxygen atoms in total. The summed E-state index contributed by atoms with van der Waals surface area (Å²) in [7, 11) is 3.60. The summed E-state index contributed by atoms with van der Waals surface area (Å²) in [6.07, 6.45) is 1.60. The van der Waals surface area contributed by atoms with Gasteiger partial charge in [-0.2, -0.15) is 5.10 Å². The highest BCUT2D eigenvalue weighted by molar-refractivity contribution is 7.07. The second-order valence-corrected chi connectivity index (χ2v) is 5.92. The lowest BCUT2D eigenvalue weighted by Gasteiger charge is -2.04. The fraction of sp³-hybridized carbons (Fsp3) is 0.111. The largest absolute Gasteiger partial charge is 0.497 e. The maximum absolute atomic E-state index is 12.9. The highest BCUT2D eigenvalue weighted by atomic mass is 32.1. The molecule has 3 rings (SSSR count). The topological polar surface area (TPSA) is 38.9 Å². The Labute approximate surface area is 143 Å². The van der Waals surface area contributed by atoms with Gasteiger partial charge in [0.15, 0.2) is 0 Å². The normalized spacial score (nSPS) is 12.0. The molecule has 0 aliphatic rings. The molecular weight excluding hydrogens is 325 g/mol. The van der Waals surface area contributed by atoms with Crippen molar-refractivity contribution < 1.29 is 9.13 Å². The van der Waals surface area contributed by atoms with Crippen molar-refractivity contribution in [3.8, 4) is 17.0 Å². The van der Waals surface area contributed by atoms with Crippen molar-refractivity contribution >= 4 is 17.6 Å². The van der Waals surface area contributed by atoms with E-state index in [0.29, 0.717) is 0 Å². The number of benzene rings is 2. The first-order valence-electron chi connectivity index (χ1n) is 7.29. The number of hydrogen-bond donors (Lipinski definition) is 0. The van der Waals surface area contributed by atoms with Crippen LogP contribution in [0.4, 0.5) is 4.39 Å². The van der Waals surface area contributed by atoms with Crippen molar-refractivity contribution in [1.29, 1.82) is 0 Å². The number of halogens is 1. The van der Waals surface area contributed by atoms with Crippen molar-refractivity contribution in [2.45, 2.75) is 0 Å². The average Bonchev–Trinajstić information content (AvgIpc) is 2.98. The van der Waals surface area contributed by atoms with Crippen molar-refractivity contribution in [3.05, 3.63) is 70.1 Å². The summed E-state index contributed by atoms with van der Waals surface area (Å²) in [5, 5.41) is 10.4. The van der Waals surface area contributed by atoms with E-state index in [1.807, 2.05) is 41.3 Å². The molecule has 0 atom stereocenters. The van der Waals surface area contributed by atoms with Crippen LogP contribution in [0.3, 0.4) is 0 Å². The van der Waals surface area contributed by atoms with Crippen LogP contribution in [-0.4, -0.2) is 17.9 Å². The SMILES string of the molecule is COc1ccc(-c2cs/c(=N\N=C/c3ccc(F)cc3)n2C)cc1. The number of aromatic nitrogens is 1. The van der Waals surface area contributed by atoms with Crippen LogP contribution in [0, 0.1) is 5.82 Å². The molecule has 0 saturated heterocycles. The number of rotatable bonds is 4. The number of ether oxygens (including phenoxy) is 1. The molecule has 0 unspecified atom stereocenters. The highest BCUT2D eigenvalue weighted by Gasteiger charge is 2.04. The van der Waals surface area contributed by atoms with Crippen molar-refractivity contribution in [2.24, 2.45) is 17.3 Å². The maximum atomic E-state index is 12.9. The zero-order valence-corrected chi connectivity index (χ0v) is 14.1. The van der Waals surface area contributed by atoms with Gasteiger partial charge in [-0.05, 0) is 47.5 Å². The van der Waals surface area contributed by atoms with E-state index >= 15 is 0 Å². The van der Waals surface area contributed by atoms with E-state index in [2.05, 4.69) is 10.2 Å². The Balaban J connectivity index is 1.84. The molecule has 0 radical (unpaired) electrons. The van der Waals surface area contributed by atoms with Crippen molar-refractivity contribution in [1.82, 2.24) is 4.57 Å². The first-order chi connectivity index (χ1) is 11.7. The molecule has 0 fully saturated rings. The van der Waals surface area contributed by atoms with Gasteiger partial charge in [-0.15, -0.1) is 16.4 Å². The zero-order chi connectivity index (χ0) is 16.9. The van der Waals surface area contributed by atoms with E-state index in [1.54, 1.807) is 25.5 Å². The molecule has 0 amide bonds. The molecular formula is C18H16FN3OS. The minimum absolute atomic E-state index is 0.266. The number of thiazole rings is 1. The molecule has 24 heavy (non-hydrogen) atoms. The Hall–Kier alpha value is -2.73. The summed E-state index contributed by atoms with van der Waals surface area (Å²) in [6.45, 7) is 0. The minimum Gasteiger partial charge on any atom is -0.497 e. The number of methoxy groups -OCH3 is 1. The second kappa shape index (κ2) is 7.23. The lowest BCUT2D eigenvalue weighted by Crippen LogP contribution is -2.10. The molecule has 0 bridgehead atoms. The third-order valence-electron chi connectivity index (χ3n) is 3.53. The predicted molar refractivity (Wildman–Crippen MR) is 94.8 cm³/mol. The van der Waals surface area contributed by atoms with Crippen LogP contribution in [0.2, 0.25) is 0 Å². The fourth-order valence-corrected chi connectivity index (χ4v) is 3.04. The van der Waals surface area contributed by atoms with Gasteiger partial charge in [0.05, 0.1) is 19.0 Å². The first kappa shape index (κ1) is 16.1. The van der Waals surface area contributed by atoms with E-state index in [9.17, 15) is 4.39 Å². The predicted octanol–water partition coefficient (Wildman–Crippen LogP) is 3.84. The van der Waals surface area contributed by atoms with Crippen LogP contribution in [-0.2, 0) is 7.05 Å². The van der Waals surface area contributed by atoms with E-state index in [0.717, 1.165) is 27.4 Å². The van der Waals surface area contributed by atoms with Crippen LogP contribution in [0.5, 0.6) is 5.75 Å². The number of hydrogen-bond acceptors (Lipinski definition) is 4. The van der Waals surface area contributed by atoms with Gasteiger partial charge in [0, 0.05) is 12.4 Å². The standard InChI is InChI=1S/C18H16FN3OS/c1-22-17(14-5-9-16(23-2)10-6-14)12-24-18(22)21-20-11-13-3-7-15(19)8-4-13/h3-12H,1-2H3/b20-11-,21-18-. The van der Waals surface area contributed by atoms with Crippen LogP contribution >= 0.6 is 11.3 Å². The van der Waals surface area contributed by atoms with Crippen molar-refractivity contribution in [2.75, 3.05) is 7.11 Å². The zero-order valence-electron chi connectivity index (χ0n) is 13.3. The molecule has 0 saturated carbocycles. The second-order valence-electron chi connectivity index (χ2n) is 5.09. The summed E-state index contributed by atoms with van der Waals surface area (Å²) in [5.74, 6) is 0.559. The molecule has 3 aromatic rings. The van der Waals surface area contributed by atoms with E-state index in [1.165, 1.54) is 23.5 Å². The fourth-order valence-electron chi connectivity index (χ4n) is 2.18. The summed E-state index contributed by atoms with van der Waals surface area (Å²) >= 11 is 1.51. The van der Waals surface area contributed by atoms with Crippen LogP contribution in [0.25, 0.3) is 11.3 Å². The van der Waals surface area contributed by atoms with Gasteiger partial charge in [0.25, 0.3) is 0 Å². The summed E-state index contributed by atoms with van der Waals surface area (Å²) < 4.78 is 20.0. The molecule has 0 spiro atoms. The van der Waals surface area contributed by atoms with Crippen LogP contribution in [0.15, 0.2) is 64.1 Å². The number of nitrogens with zero attached hydrogens (tertiary/aromatic N) is 3. The Bertz CT molecular complexity index is 909. The third-order valence-corrected chi connectivity index (χ3v) is 4.44. The first-order valence-corrected chi connectivity index (χ1v) is 8.17. The van der Waals surface area contributed by atoms with Gasteiger partial charge in [-0.25, -0.2) is 4.39 Å².